The van der Waals surface area contributed by atoms with E-state index < -0.39 is 0 Å². The molecule has 0 radical (unpaired) electrons. The van der Waals surface area contributed by atoms with Gasteiger partial charge in [0.15, 0.2) is 0 Å². The molecular formula is C24H28N2O3. The number of imide groups is 1. The molecule has 2 aromatic carbocycles. The van der Waals surface area contributed by atoms with Crippen molar-refractivity contribution in [2.24, 2.45) is 5.92 Å². The van der Waals surface area contributed by atoms with Crippen LogP contribution in [0.5, 0.6) is 0 Å². The Balaban J connectivity index is 1.41. The van der Waals surface area contributed by atoms with Gasteiger partial charge >= 0.3 is 0 Å². The maximum absolute atomic E-state index is 12.4. The molecule has 1 aliphatic heterocycles. The summed E-state index contributed by atoms with van der Waals surface area (Å²) in [6.45, 7) is 4.59. The van der Waals surface area contributed by atoms with Crippen LogP contribution < -0.4 is 5.32 Å². The van der Waals surface area contributed by atoms with Crippen LogP contribution in [0.1, 0.15) is 71.9 Å². The van der Waals surface area contributed by atoms with Gasteiger partial charge in [-0.3, -0.25) is 19.3 Å². The fourth-order valence-corrected chi connectivity index (χ4v) is 3.72. The van der Waals surface area contributed by atoms with E-state index in [0.29, 0.717) is 36.4 Å². The Labute approximate surface area is 172 Å². The van der Waals surface area contributed by atoms with Crippen LogP contribution in [-0.2, 0) is 4.79 Å². The highest BCUT2D eigenvalue weighted by atomic mass is 16.2. The molecule has 1 aliphatic rings. The summed E-state index contributed by atoms with van der Waals surface area (Å²) in [6, 6.07) is 16.9. The molecule has 0 aliphatic carbocycles. The first-order valence-corrected chi connectivity index (χ1v) is 10.3. The number of unbranched alkanes of at least 4 members (excludes halogenated alkanes) is 2. The van der Waals surface area contributed by atoms with Gasteiger partial charge in [0.25, 0.3) is 11.8 Å². The molecule has 0 spiro atoms. The Bertz CT molecular complexity index is 842. The fraction of sp³-hybridized carbons (Fsp3) is 0.375. The quantitative estimate of drug-likeness (QED) is 0.509. The number of fused-ring (bicyclic) bond motifs is 1. The van der Waals surface area contributed by atoms with Crippen molar-refractivity contribution in [1.82, 2.24) is 10.2 Å². The Morgan fingerprint density at radius 3 is 2.03 bits per heavy atom. The molecule has 5 heteroatoms. The Hall–Kier alpha value is -2.95. The summed E-state index contributed by atoms with van der Waals surface area (Å²) in [7, 11) is 0. The highest BCUT2D eigenvalue weighted by molar-refractivity contribution is 6.21. The third kappa shape index (κ3) is 4.91. The summed E-state index contributed by atoms with van der Waals surface area (Å²) in [5, 5.41) is 3.13. The zero-order valence-corrected chi connectivity index (χ0v) is 17.1. The van der Waals surface area contributed by atoms with Crippen molar-refractivity contribution in [2.45, 2.75) is 45.6 Å². The van der Waals surface area contributed by atoms with Gasteiger partial charge in [-0.15, -0.1) is 0 Å². The zero-order valence-electron chi connectivity index (χ0n) is 17.1. The van der Waals surface area contributed by atoms with Gasteiger partial charge < -0.3 is 5.32 Å². The second-order valence-electron chi connectivity index (χ2n) is 7.82. The first-order valence-electron chi connectivity index (χ1n) is 10.3. The molecule has 0 bridgehead atoms. The van der Waals surface area contributed by atoms with E-state index in [-0.39, 0.29) is 23.8 Å². The number of benzene rings is 2. The van der Waals surface area contributed by atoms with E-state index in [1.807, 2.05) is 30.3 Å². The number of carbonyl (C=O) groups excluding carboxylic acids is 3. The summed E-state index contributed by atoms with van der Waals surface area (Å²) < 4.78 is 0. The minimum Gasteiger partial charge on any atom is -0.349 e. The van der Waals surface area contributed by atoms with Crippen molar-refractivity contribution < 1.29 is 14.4 Å². The predicted octanol–water partition coefficient (Wildman–Crippen LogP) is 4.36. The summed E-state index contributed by atoms with van der Waals surface area (Å²) in [5.41, 5.74) is 2.08. The number of carbonyl (C=O) groups is 3. The van der Waals surface area contributed by atoms with E-state index in [4.69, 9.17) is 0 Å². The van der Waals surface area contributed by atoms with Crippen molar-refractivity contribution >= 4 is 17.7 Å². The van der Waals surface area contributed by atoms with E-state index >= 15 is 0 Å². The number of hydrogen-bond acceptors (Lipinski definition) is 3. The average molecular weight is 392 g/mol. The first-order chi connectivity index (χ1) is 14.0. The lowest BCUT2D eigenvalue weighted by molar-refractivity contribution is -0.122. The van der Waals surface area contributed by atoms with Crippen molar-refractivity contribution in [2.75, 3.05) is 6.54 Å². The van der Waals surface area contributed by atoms with Gasteiger partial charge in [-0.25, -0.2) is 0 Å². The van der Waals surface area contributed by atoms with Crippen LogP contribution in [0.2, 0.25) is 0 Å². The number of hydrogen-bond donors (Lipinski definition) is 1. The minimum absolute atomic E-state index is 0.00190. The number of nitrogens with zero attached hydrogens (tertiary/aromatic N) is 1. The summed E-state index contributed by atoms with van der Waals surface area (Å²) in [4.78, 5) is 38.4. The summed E-state index contributed by atoms with van der Waals surface area (Å²) in [6.07, 6.45) is 2.66. The minimum atomic E-state index is -0.217. The lowest BCUT2D eigenvalue weighted by atomic mass is 9.96. The second kappa shape index (κ2) is 9.50. The first kappa shape index (κ1) is 20.8. The van der Waals surface area contributed by atoms with E-state index in [9.17, 15) is 14.4 Å². The van der Waals surface area contributed by atoms with Gasteiger partial charge in [0.2, 0.25) is 5.91 Å². The molecule has 29 heavy (non-hydrogen) atoms. The SMILES string of the molecule is CC(C)[C@@H](NC(=O)CCCCCN1C(=O)c2ccccc2C1=O)c1ccccc1. The Kier molecular flexibility index (Phi) is 6.81. The molecule has 152 valence electrons. The molecule has 3 rings (SSSR count). The van der Waals surface area contributed by atoms with Gasteiger partial charge in [-0.1, -0.05) is 62.7 Å². The van der Waals surface area contributed by atoms with Gasteiger partial charge in [0.1, 0.15) is 0 Å². The molecule has 0 saturated carbocycles. The maximum Gasteiger partial charge on any atom is 0.261 e. The Morgan fingerprint density at radius 1 is 0.862 bits per heavy atom. The normalized spacial score (nSPS) is 14.2. The van der Waals surface area contributed by atoms with Gasteiger partial charge in [-0.2, -0.15) is 0 Å². The van der Waals surface area contributed by atoms with Crippen LogP contribution in [0, 0.1) is 5.92 Å². The van der Waals surface area contributed by atoms with Gasteiger partial charge in [0, 0.05) is 13.0 Å². The van der Waals surface area contributed by atoms with Crippen molar-refractivity contribution in [3.63, 3.8) is 0 Å². The summed E-state index contributed by atoms with van der Waals surface area (Å²) >= 11 is 0. The van der Waals surface area contributed by atoms with Crippen molar-refractivity contribution in [3.05, 3.63) is 71.3 Å². The average Bonchev–Trinajstić information content (AvgIpc) is 2.97. The van der Waals surface area contributed by atoms with Crippen LogP contribution in [0.3, 0.4) is 0 Å². The van der Waals surface area contributed by atoms with Crippen molar-refractivity contribution in [3.8, 4) is 0 Å². The van der Waals surface area contributed by atoms with E-state index in [2.05, 4.69) is 19.2 Å². The van der Waals surface area contributed by atoms with Crippen LogP contribution in [0.4, 0.5) is 0 Å². The monoisotopic (exact) mass is 392 g/mol. The second-order valence-corrected chi connectivity index (χ2v) is 7.82. The third-order valence-electron chi connectivity index (χ3n) is 5.31. The molecule has 0 aromatic heterocycles. The lowest BCUT2D eigenvalue weighted by Crippen LogP contribution is -2.32. The molecule has 0 unspecified atom stereocenters. The maximum atomic E-state index is 12.4. The van der Waals surface area contributed by atoms with E-state index in [0.717, 1.165) is 18.4 Å². The van der Waals surface area contributed by atoms with Crippen LogP contribution >= 0.6 is 0 Å². The zero-order chi connectivity index (χ0) is 20.8. The molecule has 1 N–H and O–H groups in total. The molecule has 2 aromatic rings. The van der Waals surface area contributed by atoms with Crippen LogP contribution in [0.15, 0.2) is 54.6 Å². The predicted molar refractivity (Wildman–Crippen MR) is 112 cm³/mol. The van der Waals surface area contributed by atoms with Crippen molar-refractivity contribution in [1.29, 1.82) is 0 Å². The Morgan fingerprint density at radius 2 is 1.45 bits per heavy atom. The molecular weight excluding hydrogens is 364 g/mol. The standard InChI is InChI=1S/C24H28N2O3/c1-17(2)22(18-11-5-3-6-12-18)25-21(27)15-7-4-10-16-26-23(28)19-13-8-9-14-20(19)24(26)29/h3,5-6,8-9,11-14,17,22H,4,7,10,15-16H2,1-2H3,(H,25,27)/t22-/m1/s1. The molecule has 5 nitrogen and oxygen atoms in total. The molecule has 1 heterocycles. The summed E-state index contributed by atoms with van der Waals surface area (Å²) in [5.74, 6) is -0.0968. The highest BCUT2D eigenvalue weighted by Gasteiger charge is 2.34. The topological polar surface area (TPSA) is 66.5 Å². The van der Waals surface area contributed by atoms with Gasteiger partial charge in [0.05, 0.1) is 17.2 Å². The molecule has 3 amide bonds. The van der Waals surface area contributed by atoms with Crippen LogP contribution in [0.25, 0.3) is 0 Å². The smallest absolute Gasteiger partial charge is 0.261 e. The van der Waals surface area contributed by atoms with E-state index in [1.54, 1.807) is 24.3 Å². The van der Waals surface area contributed by atoms with E-state index in [1.165, 1.54) is 4.90 Å². The number of amides is 3. The van der Waals surface area contributed by atoms with Gasteiger partial charge in [-0.05, 0) is 36.5 Å². The molecule has 1 atom stereocenters. The largest absolute Gasteiger partial charge is 0.349 e. The highest BCUT2D eigenvalue weighted by Crippen LogP contribution is 2.23. The third-order valence-corrected chi connectivity index (χ3v) is 5.31. The van der Waals surface area contributed by atoms with Crippen LogP contribution in [-0.4, -0.2) is 29.2 Å². The fourth-order valence-electron chi connectivity index (χ4n) is 3.72. The lowest BCUT2D eigenvalue weighted by Gasteiger charge is -2.23. The number of nitrogens with one attached hydrogen (secondary N) is 1. The molecule has 0 saturated heterocycles. The molecule has 0 fully saturated rings. The number of rotatable bonds is 9.